The van der Waals surface area contributed by atoms with E-state index in [1.165, 1.54) is 12.0 Å². The van der Waals surface area contributed by atoms with Crippen molar-refractivity contribution in [2.24, 2.45) is 4.99 Å². The van der Waals surface area contributed by atoms with Crippen molar-refractivity contribution in [3.05, 3.63) is 36.3 Å². The monoisotopic (exact) mass is 474 g/mol. The van der Waals surface area contributed by atoms with Gasteiger partial charge in [-0.3, -0.25) is 9.89 Å². The summed E-state index contributed by atoms with van der Waals surface area (Å²) < 4.78 is 5.39. The summed E-state index contributed by atoms with van der Waals surface area (Å²) in [6.45, 7) is 13.3. The van der Waals surface area contributed by atoms with Crippen LogP contribution in [0.25, 0.3) is 0 Å². The van der Waals surface area contributed by atoms with Crippen LogP contribution in [0.5, 0.6) is 0 Å². The van der Waals surface area contributed by atoms with Crippen LogP contribution in [-0.2, 0) is 6.42 Å². The summed E-state index contributed by atoms with van der Waals surface area (Å²) in [6, 6.07) is 4.45. The molecule has 0 atom stereocenters. The first-order valence-electron chi connectivity index (χ1n) is 9.61. The third-order valence-electron chi connectivity index (χ3n) is 4.45. The minimum Gasteiger partial charge on any atom is -0.469 e. The molecule has 26 heavy (non-hydrogen) atoms. The molecule has 6 heteroatoms. The molecule has 1 aromatic heterocycles. The predicted molar refractivity (Wildman–Crippen MR) is 120 cm³/mol. The second kappa shape index (κ2) is 13.2. The molecule has 148 valence electrons. The molecule has 1 fully saturated rings. The topological polar surface area (TPSA) is 52.8 Å². The molecule has 2 heterocycles. The number of furan rings is 1. The Morgan fingerprint density at radius 1 is 1.38 bits per heavy atom. The standard InChI is InChI=1S/C20H34N4O.HI/c1-4-5-11-21-20(22-12-8-19-7-6-15-25-19)23-18-9-13-24(14-10-18)16-17(2)3;/h6-7,15,18H,2,4-5,8-14,16H2,1,3H3,(H2,21,22,23);1H. The molecule has 5 nitrogen and oxygen atoms in total. The molecule has 0 aromatic carbocycles. The Bertz CT molecular complexity index is 522. The average molecular weight is 474 g/mol. The molecule has 0 spiro atoms. The van der Waals surface area contributed by atoms with Gasteiger partial charge in [-0.1, -0.05) is 25.5 Å². The fourth-order valence-electron chi connectivity index (χ4n) is 3.07. The molecule has 0 aliphatic carbocycles. The number of nitrogens with one attached hydrogen (secondary N) is 2. The Kier molecular flexibility index (Phi) is 11.7. The van der Waals surface area contributed by atoms with E-state index in [4.69, 9.17) is 9.41 Å². The van der Waals surface area contributed by atoms with E-state index in [2.05, 4.69) is 36.0 Å². The zero-order valence-corrected chi connectivity index (χ0v) is 18.6. The van der Waals surface area contributed by atoms with Crippen molar-refractivity contribution in [1.82, 2.24) is 15.5 Å². The molecular formula is C20H35IN4O. The van der Waals surface area contributed by atoms with Crippen molar-refractivity contribution in [3.8, 4) is 0 Å². The largest absolute Gasteiger partial charge is 0.469 e. The lowest BCUT2D eigenvalue weighted by molar-refractivity contribution is 0.221. The van der Waals surface area contributed by atoms with Crippen LogP contribution in [0.3, 0.4) is 0 Å². The van der Waals surface area contributed by atoms with Gasteiger partial charge in [0.1, 0.15) is 5.76 Å². The number of halogens is 1. The molecule has 2 rings (SSSR count). The second-order valence-electron chi connectivity index (χ2n) is 6.99. The van der Waals surface area contributed by atoms with Crippen LogP contribution in [0.4, 0.5) is 0 Å². The third kappa shape index (κ3) is 9.07. The van der Waals surface area contributed by atoms with Crippen LogP contribution in [0.1, 0.15) is 45.3 Å². The maximum atomic E-state index is 5.39. The van der Waals surface area contributed by atoms with Gasteiger partial charge in [-0.15, -0.1) is 24.0 Å². The quantitative estimate of drug-likeness (QED) is 0.188. The molecule has 0 saturated carbocycles. The molecule has 2 N–H and O–H groups in total. The molecule has 0 radical (unpaired) electrons. The highest BCUT2D eigenvalue weighted by atomic mass is 127. The average Bonchev–Trinajstić information content (AvgIpc) is 3.09. The minimum absolute atomic E-state index is 0. The maximum Gasteiger partial charge on any atom is 0.191 e. The number of guanidine groups is 1. The van der Waals surface area contributed by atoms with E-state index < -0.39 is 0 Å². The highest BCUT2D eigenvalue weighted by Crippen LogP contribution is 2.11. The molecule has 1 aliphatic rings. The molecule has 1 aromatic rings. The van der Waals surface area contributed by atoms with Crippen molar-refractivity contribution < 1.29 is 4.42 Å². The van der Waals surface area contributed by atoms with E-state index in [0.717, 1.165) is 70.1 Å². The number of rotatable bonds is 9. The van der Waals surface area contributed by atoms with E-state index in [-0.39, 0.29) is 24.0 Å². The SMILES string of the molecule is C=C(C)CN1CCC(NC(=NCCCC)NCCc2ccco2)CC1.I. The van der Waals surface area contributed by atoms with E-state index in [0.29, 0.717) is 6.04 Å². The second-order valence-corrected chi connectivity index (χ2v) is 6.99. The minimum atomic E-state index is 0. The summed E-state index contributed by atoms with van der Waals surface area (Å²) in [5.41, 5.74) is 1.24. The number of nitrogens with zero attached hydrogens (tertiary/aromatic N) is 2. The van der Waals surface area contributed by atoms with Crippen LogP contribution in [0.2, 0.25) is 0 Å². The van der Waals surface area contributed by atoms with Gasteiger partial charge < -0.3 is 15.1 Å². The normalized spacial score (nSPS) is 16.2. The molecule has 0 bridgehead atoms. The lowest BCUT2D eigenvalue weighted by atomic mass is 10.0. The summed E-state index contributed by atoms with van der Waals surface area (Å²) in [6.07, 6.45) is 7.20. The summed E-state index contributed by atoms with van der Waals surface area (Å²) in [5.74, 6) is 1.95. The first-order chi connectivity index (χ1) is 12.2. The van der Waals surface area contributed by atoms with Crippen LogP contribution in [0, 0.1) is 0 Å². The third-order valence-corrected chi connectivity index (χ3v) is 4.45. The molecule has 1 aliphatic heterocycles. The summed E-state index contributed by atoms with van der Waals surface area (Å²) in [5, 5.41) is 7.09. The van der Waals surface area contributed by atoms with E-state index in [1.54, 1.807) is 6.26 Å². The van der Waals surface area contributed by atoms with Crippen molar-refractivity contribution in [3.63, 3.8) is 0 Å². The van der Waals surface area contributed by atoms with Gasteiger partial charge in [0.15, 0.2) is 5.96 Å². The van der Waals surface area contributed by atoms with Gasteiger partial charge >= 0.3 is 0 Å². The number of hydrogen-bond acceptors (Lipinski definition) is 3. The molecule has 1 saturated heterocycles. The molecular weight excluding hydrogens is 439 g/mol. The highest BCUT2D eigenvalue weighted by Gasteiger charge is 2.19. The van der Waals surface area contributed by atoms with Crippen molar-refractivity contribution in [1.29, 1.82) is 0 Å². The number of piperidine rings is 1. The van der Waals surface area contributed by atoms with Crippen LogP contribution < -0.4 is 10.6 Å². The number of unbranched alkanes of at least 4 members (excludes halogenated alkanes) is 1. The summed E-state index contributed by atoms with van der Waals surface area (Å²) >= 11 is 0. The van der Waals surface area contributed by atoms with Gasteiger partial charge in [-0.2, -0.15) is 0 Å². The predicted octanol–water partition coefficient (Wildman–Crippen LogP) is 3.82. The smallest absolute Gasteiger partial charge is 0.191 e. The van der Waals surface area contributed by atoms with Gasteiger partial charge in [-0.25, -0.2) is 0 Å². The Balaban J connectivity index is 0.00000338. The zero-order chi connectivity index (χ0) is 17.9. The van der Waals surface area contributed by atoms with E-state index in [9.17, 15) is 0 Å². The zero-order valence-electron chi connectivity index (χ0n) is 16.3. The summed E-state index contributed by atoms with van der Waals surface area (Å²) in [4.78, 5) is 7.21. The van der Waals surface area contributed by atoms with Gasteiger partial charge in [0, 0.05) is 45.2 Å². The first-order valence-corrected chi connectivity index (χ1v) is 9.61. The highest BCUT2D eigenvalue weighted by molar-refractivity contribution is 14.0. The maximum absolute atomic E-state index is 5.39. The summed E-state index contributed by atoms with van der Waals surface area (Å²) in [7, 11) is 0. The lowest BCUT2D eigenvalue weighted by Crippen LogP contribution is -2.49. The van der Waals surface area contributed by atoms with E-state index in [1.807, 2.05) is 12.1 Å². The van der Waals surface area contributed by atoms with E-state index >= 15 is 0 Å². The van der Waals surface area contributed by atoms with Gasteiger partial charge in [0.2, 0.25) is 0 Å². The fraction of sp³-hybridized carbons (Fsp3) is 0.650. The van der Waals surface area contributed by atoms with Crippen molar-refractivity contribution >= 4 is 29.9 Å². The van der Waals surface area contributed by atoms with Crippen LogP contribution in [0.15, 0.2) is 40.0 Å². The Hall–Kier alpha value is -1.02. The first kappa shape index (κ1) is 23.0. The van der Waals surface area contributed by atoms with Gasteiger partial charge in [0.25, 0.3) is 0 Å². The number of hydrogen-bond donors (Lipinski definition) is 2. The number of aliphatic imine (C=N–C) groups is 1. The lowest BCUT2D eigenvalue weighted by Gasteiger charge is -2.33. The van der Waals surface area contributed by atoms with Gasteiger partial charge in [0.05, 0.1) is 6.26 Å². The van der Waals surface area contributed by atoms with Crippen LogP contribution >= 0.6 is 24.0 Å². The molecule has 0 amide bonds. The Morgan fingerprint density at radius 2 is 2.15 bits per heavy atom. The fourth-order valence-corrected chi connectivity index (χ4v) is 3.07. The van der Waals surface area contributed by atoms with Crippen LogP contribution in [-0.4, -0.2) is 49.6 Å². The van der Waals surface area contributed by atoms with Gasteiger partial charge in [-0.05, 0) is 38.3 Å². The Labute approximate surface area is 175 Å². The molecule has 0 unspecified atom stereocenters. The Morgan fingerprint density at radius 3 is 2.77 bits per heavy atom. The van der Waals surface area contributed by atoms with Crippen molar-refractivity contribution in [2.75, 3.05) is 32.7 Å². The number of likely N-dealkylation sites (tertiary alicyclic amines) is 1. The van der Waals surface area contributed by atoms with Crippen molar-refractivity contribution in [2.45, 2.75) is 52.0 Å².